The molecule has 1 aromatic rings. The van der Waals surface area contributed by atoms with Crippen LogP contribution in [0.2, 0.25) is 0 Å². The number of carbonyl (C=O) groups is 5. The second-order valence-corrected chi connectivity index (χ2v) is 14.5. The molecule has 2 amide bonds. The molecule has 5 atom stereocenters. The first-order valence-corrected chi connectivity index (χ1v) is 16.5. The molecule has 46 heavy (non-hydrogen) atoms. The Kier molecular flexibility index (Phi) is 11.3. The van der Waals surface area contributed by atoms with Crippen LogP contribution in [0.4, 0.5) is 4.79 Å². The largest absolute Gasteiger partial charge is 0.469 e. The third-order valence-electron chi connectivity index (χ3n) is 9.56. The number of hydrogen-bond acceptors (Lipinski definition) is 8. The highest BCUT2D eigenvalue weighted by Gasteiger charge is 2.69. The van der Waals surface area contributed by atoms with Crippen molar-refractivity contribution in [2.45, 2.75) is 91.4 Å². The number of esters is 2. The lowest BCUT2D eigenvalue weighted by Crippen LogP contribution is -2.51. The zero-order chi connectivity index (χ0) is 33.6. The van der Waals surface area contributed by atoms with Crippen LogP contribution in [0.15, 0.2) is 42.5 Å². The molecule has 10 nitrogen and oxygen atoms in total. The third kappa shape index (κ3) is 8.76. The average Bonchev–Trinajstić information content (AvgIpc) is 3.31. The molecule has 1 saturated heterocycles. The Morgan fingerprint density at radius 3 is 2.39 bits per heavy atom. The van der Waals surface area contributed by atoms with Crippen molar-refractivity contribution in [2.24, 2.45) is 29.1 Å². The van der Waals surface area contributed by atoms with Gasteiger partial charge in [0.05, 0.1) is 31.4 Å². The molecule has 1 saturated carbocycles. The second kappa shape index (κ2) is 14.8. The fourth-order valence-electron chi connectivity index (χ4n) is 7.04. The minimum absolute atomic E-state index is 0.00900. The van der Waals surface area contributed by atoms with E-state index in [-0.39, 0.29) is 61.5 Å². The number of nitrogens with zero attached hydrogens (tertiary/aromatic N) is 2. The summed E-state index contributed by atoms with van der Waals surface area (Å²) in [6, 6.07) is 8.61. The van der Waals surface area contributed by atoms with Gasteiger partial charge in [0.2, 0.25) is 5.91 Å². The SMILES string of the molecule is COC(=O)[C@@H]1CCCC/C=C/CN(C(=O)OCc2ccccc2)C[C@H](CC(=O)OC(C)(C)C)C(=O)N2C[C@H]3[C@@H]([C@H]2C(=O)C1)C3(C)C. The van der Waals surface area contributed by atoms with Crippen LogP contribution in [0.25, 0.3) is 0 Å². The summed E-state index contributed by atoms with van der Waals surface area (Å²) < 4.78 is 16.3. The van der Waals surface area contributed by atoms with Gasteiger partial charge in [0.25, 0.3) is 0 Å². The minimum Gasteiger partial charge on any atom is -0.469 e. The number of carbonyl (C=O) groups excluding carboxylic acids is 5. The quantitative estimate of drug-likeness (QED) is 0.241. The van der Waals surface area contributed by atoms with E-state index in [2.05, 4.69) is 13.8 Å². The van der Waals surface area contributed by atoms with Crippen molar-refractivity contribution >= 4 is 29.7 Å². The molecule has 252 valence electrons. The first-order valence-electron chi connectivity index (χ1n) is 16.5. The molecule has 0 spiro atoms. The molecule has 2 aliphatic heterocycles. The number of piperidine rings is 1. The van der Waals surface area contributed by atoms with Crippen molar-refractivity contribution in [3.63, 3.8) is 0 Å². The molecule has 2 fully saturated rings. The van der Waals surface area contributed by atoms with Crippen LogP contribution in [0.5, 0.6) is 0 Å². The van der Waals surface area contributed by atoms with Crippen molar-refractivity contribution in [1.82, 2.24) is 9.80 Å². The molecule has 4 rings (SSSR count). The fraction of sp³-hybridized carbons (Fsp3) is 0.639. The van der Waals surface area contributed by atoms with Gasteiger partial charge < -0.3 is 24.0 Å². The number of hydrogen-bond donors (Lipinski definition) is 0. The van der Waals surface area contributed by atoms with Gasteiger partial charge in [0, 0.05) is 26.1 Å². The van der Waals surface area contributed by atoms with Gasteiger partial charge in [-0.25, -0.2) is 4.79 Å². The molecule has 1 aliphatic carbocycles. The van der Waals surface area contributed by atoms with E-state index in [4.69, 9.17) is 14.2 Å². The predicted molar refractivity (Wildman–Crippen MR) is 171 cm³/mol. The number of methoxy groups -OCH3 is 1. The number of amides is 2. The molecular formula is C36H50N2O8. The van der Waals surface area contributed by atoms with E-state index in [0.29, 0.717) is 19.4 Å². The van der Waals surface area contributed by atoms with Gasteiger partial charge in [-0.3, -0.25) is 19.2 Å². The van der Waals surface area contributed by atoms with E-state index in [1.165, 1.54) is 12.0 Å². The van der Waals surface area contributed by atoms with Crippen LogP contribution in [-0.4, -0.2) is 77.9 Å². The highest BCUT2D eigenvalue weighted by atomic mass is 16.6. The smallest absolute Gasteiger partial charge is 0.410 e. The second-order valence-electron chi connectivity index (χ2n) is 14.5. The van der Waals surface area contributed by atoms with Gasteiger partial charge in [-0.2, -0.15) is 0 Å². The number of allylic oxidation sites excluding steroid dienone is 1. The number of Topliss-reactive ketones (excluding diaryl/α,β-unsaturated/α-hetero) is 1. The lowest BCUT2D eigenvalue weighted by molar-refractivity contribution is -0.159. The summed E-state index contributed by atoms with van der Waals surface area (Å²) in [7, 11) is 1.33. The summed E-state index contributed by atoms with van der Waals surface area (Å²) in [5.74, 6) is -2.99. The Balaban J connectivity index is 1.66. The van der Waals surface area contributed by atoms with Crippen LogP contribution in [0.3, 0.4) is 0 Å². The Morgan fingerprint density at radius 1 is 1.00 bits per heavy atom. The van der Waals surface area contributed by atoms with E-state index in [0.717, 1.165) is 18.4 Å². The number of fused-ring (bicyclic) bond motifs is 3. The topological polar surface area (TPSA) is 120 Å². The zero-order valence-corrected chi connectivity index (χ0v) is 28.2. The van der Waals surface area contributed by atoms with E-state index in [1.54, 1.807) is 25.7 Å². The third-order valence-corrected chi connectivity index (χ3v) is 9.56. The molecule has 2 heterocycles. The fourth-order valence-corrected chi connectivity index (χ4v) is 7.04. The average molecular weight is 639 g/mol. The maximum absolute atomic E-state index is 14.4. The Labute approximate surface area is 272 Å². The Hall–Kier alpha value is -3.69. The maximum Gasteiger partial charge on any atom is 0.410 e. The van der Waals surface area contributed by atoms with E-state index < -0.39 is 41.5 Å². The molecule has 10 heteroatoms. The highest BCUT2D eigenvalue weighted by Crippen LogP contribution is 2.65. The molecule has 0 radical (unpaired) electrons. The van der Waals surface area contributed by atoms with Crippen LogP contribution in [-0.2, 0) is 40.0 Å². The Bertz CT molecular complexity index is 1300. The molecule has 0 N–H and O–H groups in total. The molecule has 0 aromatic heterocycles. The summed E-state index contributed by atoms with van der Waals surface area (Å²) in [5, 5.41) is 0. The number of ketones is 1. The molecule has 1 aromatic carbocycles. The van der Waals surface area contributed by atoms with Crippen LogP contribution < -0.4 is 0 Å². The molecule has 0 bridgehead atoms. The first kappa shape index (κ1) is 35.2. The minimum atomic E-state index is -0.965. The molecule has 0 unspecified atom stereocenters. The van der Waals surface area contributed by atoms with E-state index >= 15 is 0 Å². The maximum atomic E-state index is 14.4. The van der Waals surface area contributed by atoms with Gasteiger partial charge >= 0.3 is 18.0 Å². The number of benzene rings is 1. The molecule has 3 aliphatic rings. The van der Waals surface area contributed by atoms with Crippen molar-refractivity contribution < 1.29 is 38.2 Å². The summed E-state index contributed by atoms with van der Waals surface area (Å²) in [4.78, 5) is 70.8. The van der Waals surface area contributed by atoms with Gasteiger partial charge in [-0.05, 0) is 62.8 Å². The summed E-state index contributed by atoms with van der Waals surface area (Å²) in [6.07, 6.45) is 5.68. The van der Waals surface area contributed by atoms with Crippen LogP contribution >= 0.6 is 0 Å². The summed E-state index contributed by atoms with van der Waals surface area (Å²) in [5.41, 5.74) is -0.0686. The standard InChI is InChI=1S/C36H50N2O8/c1-35(2,3)46-29(40)20-26-21-37(34(43)45-23-24-15-11-10-12-16-24)18-14-9-7-8-13-17-25(33(42)44-6)19-28(39)31-30-27(36(30,4)5)22-38(31)32(26)41/h9-12,14-16,25-27,30-31H,7-8,13,17-23H2,1-6H3/b14-9+/t25-,26+,27+,30+,31-/m1/s1. The zero-order valence-electron chi connectivity index (χ0n) is 28.2. The summed E-state index contributed by atoms with van der Waals surface area (Å²) in [6.45, 7) is 10.00. The number of rotatable bonds is 5. The lowest BCUT2D eigenvalue weighted by Gasteiger charge is -2.35. The van der Waals surface area contributed by atoms with Crippen molar-refractivity contribution in [3.05, 3.63) is 48.0 Å². The predicted octanol–water partition coefficient (Wildman–Crippen LogP) is 5.33. The van der Waals surface area contributed by atoms with Gasteiger partial charge in [-0.1, -0.05) is 62.8 Å². The van der Waals surface area contributed by atoms with Crippen molar-refractivity contribution in [2.75, 3.05) is 26.7 Å². The van der Waals surface area contributed by atoms with E-state index in [1.807, 2.05) is 42.5 Å². The van der Waals surface area contributed by atoms with Gasteiger partial charge in [-0.15, -0.1) is 0 Å². The Morgan fingerprint density at radius 2 is 1.72 bits per heavy atom. The monoisotopic (exact) mass is 638 g/mol. The van der Waals surface area contributed by atoms with Crippen LogP contribution in [0.1, 0.15) is 78.7 Å². The van der Waals surface area contributed by atoms with Gasteiger partial charge in [0.15, 0.2) is 5.78 Å². The highest BCUT2D eigenvalue weighted by molar-refractivity contribution is 5.94. The number of ether oxygens (including phenoxy) is 3. The van der Waals surface area contributed by atoms with E-state index in [9.17, 15) is 24.0 Å². The molecular weight excluding hydrogens is 588 g/mol. The van der Waals surface area contributed by atoms with Crippen molar-refractivity contribution in [3.8, 4) is 0 Å². The van der Waals surface area contributed by atoms with Crippen LogP contribution in [0, 0.1) is 29.1 Å². The van der Waals surface area contributed by atoms with Crippen molar-refractivity contribution in [1.29, 1.82) is 0 Å². The first-order chi connectivity index (χ1) is 21.7. The van der Waals surface area contributed by atoms with Gasteiger partial charge in [0.1, 0.15) is 12.2 Å². The summed E-state index contributed by atoms with van der Waals surface area (Å²) >= 11 is 0. The normalized spacial score (nSPS) is 27.7. The lowest BCUT2D eigenvalue weighted by atomic mass is 9.89.